The topological polar surface area (TPSA) is 55.1 Å². The van der Waals surface area contributed by atoms with Crippen molar-refractivity contribution in [2.24, 2.45) is 0 Å². The van der Waals surface area contributed by atoms with Crippen LogP contribution in [0.15, 0.2) is 55.0 Å². The summed E-state index contributed by atoms with van der Waals surface area (Å²) < 4.78 is 1.78. The Morgan fingerprint density at radius 2 is 1.95 bits per heavy atom. The zero-order valence-electron chi connectivity index (χ0n) is 9.85. The molecule has 3 rings (SSSR count). The Morgan fingerprint density at radius 1 is 1.16 bits per heavy atom. The minimum absolute atomic E-state index is 0. The van der Waals surface area contributed by atoms with Crippen molar-refractivity contribution in [1.29, 1.82) is 0 Å². The predicted octanol–water partition coefficient (Wildman–Crippen LogP) is 3.15. The van der Waals surface area contributed by atoms with E-state index in [0.717, 1.165) is 16.6 Å². The molecule has 1 aromatic carbocycles. The van der Waals surface area contributed by atoms with Gasteiger partial charge in [-0.3, -0.25) is 4.98 Å². The summed E-state index contributed by atoms with van der Waals surface area (Å²) in [5.74, 6) is -0.929. The second-order valence-electron chi connectivity index (χ2n) is 3.96. The van der Waals surface area contributed by atoms with Gasteiger partial charge >= 0.3 is 5.97 Å². The molecule has 0 aliphatic heterocycles. The molecule has 19 heavy (non-hydrogen) atoms. The van der Waals surface area contributed by atoms with Crippen LogP contribution in [0.3, 0.4) is 0 Å². The lowest BCUT2D eigenvalue weighted by atomic mass is 10.2. The van der Waals surface area contributed by atoms with Gasteiger partial charge in [-0.15, -0.1) is 12.4 Å². The number of hydrogen-bond acceptors (Lipinski definition) is 2. The van der Waals surface area contributed by atoms with Gasteiger partial charge in [0.05, 0.1) is 16.8 Å². The third kappa shape index (κ3) is 2.30. The zero-order valence-corrected chi connectivity index (χ0v) is 10.7. The molecule has 0 bridgehead atoms. The number of rotatable bonds is 2. The van der Waals surface area contributed by atoms with Crippen LogP contribution in [0.4, 0.5) is 0 Å². The summed E-state index contributed by atoms with van der Waals surface area (Å²) >= 11 is 0. The smallest absolute Gasteiger partial charge is 0.337 e. The van der Waals surface area contributed by atoms with E-state index in [1.54, 1.807) is 29.2 Å². The van der Waals surface area contributed by atoms with Crippen molar-refractivity contribution in [3.8, 4) is 5.69 Å². The third-order valence-electron chi connectivity index (χ3n) is 2.83. The molecule has 2 aromatic heterocycles. The summed E-state index contributed by atoms with van der Waals surface area (Å²) in [5.41, 5.74) is 2.00. The normalized spacial score (nSPS) is 10.1. The van der Waals surface area contributed by atoms with E-state index < -0.39 is 5.97 Å². The van der Waals surface area contributed by atoms with E-state index in [-0.39, 0.29) is 18.0 Å². The Kier molecular flexibility index (Phi) is 3.53. The molecule has 0 fully saturated rings. The quantitative estimate of drug-likeness (QED) is 0.781. The first-order valence-corrected chi connectivity index (χ1v) is 5.51. The van der Waals surface area contributed by atoms with Crippen LogP contribution in [0, 0.1) is 0 Å². The average Bonchev–Trinajstić information content (AvgIpc) is 2.87. The number of carbonyl (C=O) groups is 1. The highest BCUT2D eigenvalue weighted by Crippen LogP contribution is 2.20. The van der Waals surface area contributed by atoms with Crippen LogP contribution in [0.2, 0.25) is 0 Å². The molecule has 2 heterocycles. The second kappa shape index (κ2) is 5.12. The largest absolute Gasteiger partial charge is 0.478 e. The molecule has 0 radical (unpaired) electrons. The lowest BCUT2D eigenvalue weighted by Gasteiger charge is -2.06. The first kappa shape index (κ1) is 13.1. The minimum atomic E-state index is -0.929. The zero-order chi connectivity index (χ0) is 12.5. The Bertz CT molecular complexity index is 732. The number of para-hydroxylation sites is 1. The van der Waals surface area contributed by atoms with E-state index in [2.05, 4.69) is 4.98 Å². The molecule has 0 amide bonds. The van der Waals surface area contributed by atoms with Gasteiger partial charge in [-0.2, -0.15) is 0 Å². The first-order valence-electron chi connectivity index (χ1n) is 5.51. The third-order valence-corrected chi connectivity index (χ3v) is 2.83. The van der Waals surface area contributed by atoms with Gasteiger partial charge in [-0.25, -0.2) is 4.79 Å². The monoisotopic (exact) mass is 274 g/mol. The number of halogens is 1. The Labute approximate surface area is 115 Å². The first-order chi connectivity index (χ1) is 8.75. The maximum atomic E-state index is 10.9. The summed E-state index contributed by atoms with van der Waals surface area (Å²) in [6, 6.07) is 11.3. The number of benzene rings is 1. The number of pyridine rings is 1. The Hall–Kier alpha value is -2.33. The van der Waals surface area contributed by atoms with Crippen molar-refractivity contribution in [3.05, 3.63) is 60.6 Å². The number of carboxylic acid groups (broad SMARTS) is 1. The summed E-state index contributed by atoms with van der Waals surface area (Å²) in [5, 5.41) is 9.96. The summed E-state index contributed by atoms with van der Waals surface area (Å²) in [7, 11) is 0. The molecule has 0 spiro atoms. The number of carboxylic acids is 1. The van der Waals surface area contributed by atoms with E-state index in [4.69, 9.17) is 5.11 Å². The predicted molar refractivity (Wildman–Crippen MR) is 75.3 cm³/mol. The minimum Gasteiger partial charge on any atom is -0.478 e. The molecule has 0 aliphatic carbocycles. The van der Waals surface area contributed by atoms with Gasteiger partial charge in [0.15, 0.2) is 0 Å². The molecule has 5 heteroatoms. The van der Waals surface area contributed by atoms with Gasteiger partial charge in [0.25, 0.3) is 0 Å². The molecule has 1 N–H and O–H groups in total. The van der Waals surface area contributed by atoms with E-state index in [9.17, 15) is 4.79 Å². The number of hydrogen-bond donors (Lipinski definition) is 1. The number of nitrogens with zero attached hydrogens (tertiary/aromatic N) is 2. The van der Waals surface area contributed by atoms with Crippen LogP contribution >= 0.6 is 12.4 Å². The molecule has 0 atom stereocenters. The van der Waals surface area contributed by atoms with Gasteiger partial charge in [0.2, 0.25) is 0 Å². The van der Waals surface area contributed by atoms with E-state index in [0.29, 0.717) is 0 Å². The van der Waals surface area contributed by atoms with Gasteiger partial charge in [0, 0.05) is 24.0 Å². The van der Waals surface area contributed by atoms with Crippen molar-refractivity contribution >= 4 is 29.3 Å². The lowest BCUT2D eigenvalue weighted by Crippen LogP contribution is -1.95. The second-order valence-corrected chi connectivity index (χ2v) is 3.96. The Morgan fingerprint density at radius 3 is 2.68 bits per heavy atom. The number of fused-ring (bicyclic) bond motifs is 1. The summed E-state index contributed by atoms with van der Waals surface area (Å²) in [4.78, 5) is 15.2. The fourth-order valence-corrected chi connectivity index (χ4v) is 1.97. The number of aromatic nitrogens is 2. The van der Waals surface area contributed by atoms with Gasteiger partial charge in [-0.1, -0.05) is 18.2 Å². The highest BCUT2D eigenvalue weighted by Gasteiger charge is 2.08. The van der Waals surface area contributed by atoms with E-state index >= 15 is 0 Å². The highest BCUT2D eigenvalue weighted by molar-refractivity contribution is 5.89. The maximum Gasteiger partial charge on any atom is 0.337 e. The van der Waals surface area contributed by atoms with E-state index in [1.807, 2.05) is 30.3 Å². The van der Waals surface area contributed by atoms with Crippen molar-refractivity contribution in [3.63, 3.8) is 0 Å². The van der Waals surface area contributed by atoms with Crippen LogP contribution in [-0.2, 0) is 0 Å². The van der Waals surface area contributed by atoms with Crippen molar-refractivity contribution < 1.29 is 9.90 Å². The highest BCUT2D eigenvalue weighted by atomic mass is 35.5. The fraction of sp³-hybridized carbons (Fsp3) is 0. The molecule has 0 aliphatic rings. The summed E-state index contributed by atoms with van der Waals surface area (Å²) in [6.45, 7) is 0. The van der Waals surface area contributed by atoms with Crippen LogP contribution in [0.5, 0.6) is 0 Å². The lowest BCUT2D eigenvalue weighted by molar-refractivity contribution is 0.0697. The van der Waals surface area contributed by atoms with Crippen molar-refractivity contribution in [2.75, 3.05) is 0 Å². The number of aromatic carboxylic acids is 1. The van der Waals surface area contributed by atoms with E-state index in [1.165, 1.54) is 0 Å². The Balaban J connectivity index is 0.00000133. The maximum absolute atomic E-state index is 10.9. The van der Waals surface area contributed by atoms with Crippen molar-refractivity contribution in [1.82, 2.24) is 9.55 Å². The molecular weight excluding hydrogens is 264 g/mol. The summed E-state index contributed by atoms with van der Waals surface area (Å²) in [6.07, 6.45) is 5.05. The van der Waals surface area contributed by atoms with Crippen LogP contribution in [0.25, 0.3) is 16.6 Å². The molecule has 0 saturated heterocycles. The van der Waals surface area contributed by atoms with Crippen LogP contribution in [-0.4, -0.2) is 20.6 Å². The average molecular weight is 275 g/mol. The molecule has 96 valence electrons. The molecule has 0 saturated carbocycles. The fourth-order valence-electron chi connectivity index (χ4n) is 1.97. The van der Waals surface area contributed by atoms with Crippen molar-refractivity contribution in [2.45, 2.75) is 0 Å². The van der Waals surface area contributed by atoms with Crippen LogP contribution in [0.1, 0.15) is 10.4 Å². The molecule has 0 unspecified atom stereocenters. The SMILES string of the molecule is Cl.O=C(O)c1ccn(-c2cccc3cccnc23)c1. The van der Waals surface area contributed by atoms with Gasteiger partial charge < -0.3 is 9.67 Å². The molecule has 3 aromatic rings. The molecular formula is C14H11ClN2O2. The molecule has 4 nitrogen and oxygen atoms in total. The standard InChI is InChI=1S/C14H10N2O2.ClH/c17-14(18)11-6-8-16(9-11)12-5-1-3-10-4-2-7-15-13(10)12;/h1-9H,(H,17,18);1H. The van der Waals surface area contributed by atoms with Gasteiger partial charge in [0.1, 0.15) is 0 Å². The van der Waals surface area contributed by atoms with Gasteiger partial charge in [-0.05, 0) is 18.2 Å². The van der Waals surface area contributed by atoms with Crippen LogP contribution < -0.4 is 0 Å².